The second-order valence-electron chi connectivity index (χ2n) is 6.99. The lowest BCUT2D eigenvalue weighted by Crippen LogP contribution is -2.29. The molecule has 0 unspecified atom stereocenters. The Hall–Kier alpha value is -3.23. The quantitative estimate of drug-likeness (QED) is 0.642. The molecule has 0 atom stereocenters. The van der Waals surface area contributed by atoms with Gasteiger partial charge >= 0.3 is 6.03 Å². The second-order valence-corrected chi connectivity index (χ2v) is 6.99. The molecule has 0 saturated heterocycles. The molecule has 1 aromatic carbocycles. The van der Waals surface area contributed by atoms with Gasteiger partial charge in [0.15, 0.2) is 11.6 Å². The molecule has 0 bridgehead atoms. The van der Waals surface area contributed by atoms with Crippen LogP contribution in [0.25, 0.3) is 11.4 Å². The summed E-state index contributed by atoms with van der Waals surface area (Å²) >= 11 is 0. The molecule has 2 amide bonds. The average Bonchev–Trinajstić information content (AvgIpc) is 3.08. The molecule has 3 heterocycles. The molecule has 1 saturated carbocycles. The average molecular weight is 364 g/mol. The van der Waals surface area contributed by atoms with E-state index in [2.05, 4.69) is 40.6 Å². The van der Waals surface area contributed by atoms with Crippen LogP contribution in [0.15, 0.2) is 24.3 Å². The zero-order chi connectivity index (χ0) is 18.2. The summed E-state index contributed by atoms with van der Waals surface area (Å²) in [6.45, 7) is 1.28. The fourth-order valence-corrected chi connectivity index (χ4v) is 3.32. The van der Waals surface area contributed by atoms with E-state index >= 15 is 0 Å². The molecule has 2 aliphatic rings. The van der Waals surface area contributed by atoms with Gasteiger partial charge in [0.2, 0.25) is 0 Å². The predicted molar refractivity (Wildman–Crippen MR) is 98.0 cm³/mol. The van der Waals surface area contributed by atoms with Crippen LogP contribution in [-0.2, 0) is 19.5 Å². The third-order valence-electron chi connectivity index (χ3n) is 4.96. The summed E-state index contributed by atoms with van der Waals surface area (Å²) in [6.07, 6.45) is 4.41. The molecular weight excluding hydrogens is 344 g/mol. The van der Waals surface area contributed by atoms with Gasteiger partial charge in [0.05, 0.1) is 6.54 Å². The third-order valence-corrected chi connectivity index (χ3v) is 4.96. The van der Waals surface area contributed by atoms with E-state index in [0.29, 0.717) is 24.0 Å². The predicted octanol–water partition coefficient (Wildman–Crippen LogP) is 2.21. The number of hydrogen-bond acceptors (Lipinski definition) is 5. The topological polar surface area (TPSA) is 113 Å². The Kier molecular flexibility index (Phi) is 3.84. The van der Waals surface area contributed by atoms with E-state index in [1.165, 1.54) is 12.8 Å². The normalized spacial score (nSPS) is 15.6. The lowest BCUT2D eigenvalue weighted by molar-refractivity contribution is 0.251. The number of nitrogens with one attached hydrogen (secondary N) is 3. The number of urea groups is 1. The Morgan fingerprint density at radius 3 is 2.89 bits per heavy atom. The van der Waals surface area contributed by atoms with Gasteiger partial charge in [-0.3, -0.25) is 5.10 Å². The number of amides is 2. The minimum absolute atomic E-state index is 0.271. The highest BCUT2D eigenvalue weighted by Gasteiger charge is 2.27. The van der Waals surface area contributed by atoms with Gasteiger partial charge in [0, 0.05) is 30.1 Å². The van der Waals surface area contributed by atoms with Gasteiger partial charge in [-0.05, 0) is 43.5 Å². The summed E-state index contributed by atoms with van der Waals surface area (Å²) in [5, 5.41) is 21.2. The third kappa shape index (κ3) is 3.27. The van der Waals surface area contributed by atoms with Crippen LogP contribution < -0.4 is 10.6 Å². The lowest BCUT2D eigenvalue weighted by atomic mass is 10.2. The molecule has 5 rings (SSSR count). The number of benzene rings is 1. The highest BCUT2D eigenvalue weighted by atomic mass is 16.2. The number of carbonyl (C=O) groups excluding carboxylic acids is 1. The van der Waals surface area contributed by atoms with Gasteiger partial charge in [-0.1, -0.05) is 0 Å². The first kappa shape index (κ1) is 16.0. The molecule has 0 radical (unpaired) electrons. The maximum absolute atomic E-state index is 12.1. The van der Waals surface area contributed by atoms with Crippen LogP contribution in [0.3, 0.4) is 0 Å². The molecule has 9 nitrogen and oxygen atoms in total. The fraction of sp³-hybridized carbons (Fsp3) is 0.389. The molecule has 3 N–H and O–H groups in total. The van der Waals surface area contributed by atoms with Crippen LogP contribution in [0.2, 0.25) is 0 Å². The minimum atomic E-state index is -0.271. The van der Waals surface area contributed by atoms with E-state index in [1.807, 2.05) is 24.3 Å². The van der Waals surface area contributed by atoms with Crippen molar-refractivity contribution >= 4 is 11.7 Å². The largest absolute Gasteiger partial charge is 0.331 e. The Morgan fingerprint density at radius 2 is 2.07 bits per heavy atom. The summed E-state index contributed by atoms with van der Waals surface area (Å²) in [7, 11) is 0. The van der Waals surface area contributed by atoms with E-state index < -0.39 is 0 Å². The van der Waals surface area contributed by atoms with Gasteiger partial charge in [0.25, 0.3) is 0 Å². The standard InChI is InChI=1S/C18H20N8O/c27-18(19-10-15-23-22-14-2-1-9-26(14)15)20-13-7-5-12(6-8-13)17-21-16(24-25-17)11-3-4-11/h5-8,11H,1-4,9-10H2,(H2,19,20,27)(H,21,24,25). The molecule has 9 heteroatoms. The number of H-pyrrole nitrogens is 1. The Balaban J connectivity index is 1.18. The Morgan fingerprint density at radius 1 is 1.22 bits per heavy atom. The number of aryl methyl sites for hydroxylation is 1. The van der Waals surface area contributed by atoms with E-state index in [4.69, 9.17) is 0 Å². The van der Waals surface area contributed by atoms with Crippen LogP contribution in [0, 0.1) is 0 Å². The Bertz CT molecular complexity index is 970. The van der Waals surface area contributed by atoms with Crippen molar-refractivity contribution < 1.29 is 4.79 Å². The van der Waals surface area contributed by atoms with Crippen LogP contribution in [-0.4, -0.2) is 36.0 Å². The number of hydrogen-bond donors (Lipinski definition) is 3. The smallest absolute Gasteiger partial charge is 0.319 e. The van der Waals surface area contributed by atoms with Crippen molar-refractivity contribution in [3.8, 4) is 11.4 Å². The summed E-state index contributed by atoms with van der Waals surface area (Å²) in [5.74, 6) is 3.99. The van der Waals surface area contributed by atoms with Crippen molar-refractivity contribution in [1.82, 2.24) is 35.3 Å². The maximum Gasteiger partial charge on any atom is 0.319 e. The van der Waals surface area contributed by atoms with Crippen molar-refractivity contribution in [2.24, 2.45) is 0 Å². The molecule has 3 aromatic rings. The van der Waals surface area contributed by atoms with E-state index in [9.17, 15) is 4.79 Å². The maximum atomic E-state index is 12.1. The fourth-order valence-electron chi connectivity index (χ4n) is 3.32. The summed E-state index contributed by atoms with van der Waals surface area (Å²) < 4.78 is 2.07. The molecule has 27 heavy (non-hydrogen) atoms. The van der Waals surface area contributed by atoms with Crippen LogP contribution in [0.5, 0.6) is 0 Å². The van der Waals surface area contributed by atoms with Gasteiger partial charge in [-0.25, -0.2) is 9.78 Å². The number of rotatable bonds is 5. The van der Waals surface area contributed by atoms with Gasteiger partial charge < -0.3 is 15.2 Å². The number of aromatic amines is 1. The van der Waals surface area contributed by atoms with Gasteiger partial charge in [0.1, 0.15) is 11.6 Å². The van der Waals surface area contributed by atoms with E-state index in [1.54, 1.807) is 0 Å². The number of anilines is 1. The molecule has 1 fully saturated rings. The van der Waals surface area contributed by atoms with E-state index in [0.717, 1.165) is 42.4 Å². The summed E-state index contributed by atoms with van der Waals surface area (Å²) in [4.78, 5) is 16.7. The lowest BCUT2D eigenvalue weighted by Gasteiger charge is -2.08. The zero-order valence-corrected chi connectivity index (χ0v) is 14.8. The number of carbonyl (C=O) groups is 1. The van der Waals surface area contributed by atoms with Gasteiger partial charge in [-0.2, -0.15) is 5.10 Å². The summed E-state index contributed by atoms with van der Waals surface area (Å²) in [5.41, 5.74) is 1.63. The summed E-state index contributed by atoms with van der Waals surface area (Å²) in [6, 6.07) is 7.22. The van der Waals surface area contributed by atoms with Crippen molar-refractivity contribution in [3.05, 3.63) is 41.7 Å². The molecule has 1 aliphatic carbocycles. The van der Waals surface area contributed by atoms with Gasteiger partial charge in [-0.15, -0.1) is 10.2 Å². The Labute approximate surface area is 155 Å². The number of aromatic nitrogens is 6. The monoisotopic (exact) mass is 364 g/mol. The van der Waals surface area contributed by atoms with Crippen molar-refractivity contribution in [3.63, 3.8) is 0 Å². The minimum Gasteiger partial charge on any atom is -0.331 e. The zero-order valence-electron chi connectivity index (χ0n) is 14.8. The molecule has 0 spiro atoms. The molecule has 138 valence electrons. The first-order valence-corrected chi connectivity index (χ1v) is 9.25. The van der Waals surface area contributed by atoms with E-state index in [-0.39, 0.29) is 6.03 Å². The van der Waals surface area contributed by atoms with Crippen LogP contribution in [0.1, 0.15) is 42.7 Å². The van der Waals surface area contributed by atoms with Crippen molar-refractivity contribution in [2.45, 2.75) is 44.7 Å². The molecular formula is C18H20N8O. The van der Waals surface area contributed by atoms with Crippen molar-refractivity contribution in [1.29, 1.82) is 0 Å². The SMILES string of the molecule is O=C(NCc1nnc2n1CCC2)Nc1ccc(-c2n[nH]c(C3CC3)n2)cc1. The molecule has 1 aliphatic heterocycles. The number of fused-ring (bicyclic) bond motifs is 1. The second kappa shape index (κ2) is 6.49. The first-order chi connectivity index (χ1) is 13.3. The first-order valence-electron chi connectivity index (χ1n) is 9.25. The number of nitrogens with zero attached hydrogens (tertiary/aromatic N) is 5. The highest BCUT2D eigenvalue weighted by molar-refractivity contribution is 5.89. The highest BCUT2D eigenvalue weighted by Crippen LogP contribution is 2.38. The van der Waals surface area contributed by atoms with Crippen LogP contribution >= 0.6 is 0 Å². The van der Waals surface area contributed by atoms with Crippen LogP contribution in [0.4, 0.5) is 10.5 Å². The molecule has 2 aromatic heterocycles. The van der Waals surface area contributed by atoms with Crippen molar-refractivity contribution in [2.75, 3.05) is 5.32 Å².